The summed E-state index contributed by atoms with van der Waals surface area (Å²) in [5.74, 6) is 1.29. The first kappa shape index (κ1) is 17.7. The predicted octanol–water partition coefficient (Wildman–Crippen LogP) is 3.79. The van der Waals surface area contributed by atoms with Gasteiger partial charge in [-0.15, -0.1) is 11.3 Å². The maximum absolute atomic E-state index is 12.6. The van der Waals surface area contributed by atoms with E-state index in [1.165, 1.54) is 11.3 Å². The fourth-order valence-electron chi connectivity index (χ4n) is 3.74. The minimum atomic E-state index is -0.265. The molecule has 0 aromatic carbocycles. The van der Waals surface area contributed by atoms with E-state index in [9.17, 15) is 4.79 Å². The van der Waals surface area contributed by atoms with Crippen molar-refractivity contribution in [3.05, 3.63) is 39.1 Å². The number of thiophene rings is 1. The topological polar surface area (TPSA) is 86.9 Å². The summed E-state index contributed by atoms with van der Waals surface area (Å²) in [7, 11) is 0. The Hall–Kier alpha value is -2.42. The highest BCUT2D eigenvalue weighted by atomic mass is 35.5. The number of hydrogen-bond acceptors (Lipinski definition) is 6. The van der Waals surface area contributed by atoms with Gasteiger partial charge in [-0.1, -0.05) is 11.6 Å². The second-order valence-corrected chi connectivity index (χ2v) is 8.41. The minimum Gasteiger partial charge on any atom is -0.372 e. The highest BCUT2D eigenvalue weighted by molar-refractivity contribution is 7.17. The lowest BCUT2D eigenvalue weighted by molar-refractivity contribution is -0.00545. The van der Waals surface area contributed by atoms with Gasteiger partial charge in [-0.2, -0.15) is 0 Å². The van der Waals surface area contributed by atoms with E-state index in [0.717, 1.165) is 40.2 Å². The summed E-state index contributed by atoms with van der Waals surface area (Å²) in [5, 5.41) is 2.31. The number of morpholine rings is 1. The van der Waals surface area contributed by atoms with Crippen LogP contribution in [0.5, 0.6) is 0 Å². The number of ether oxygens (including phenoxy) is 1. The normalized spacial score (nSPS) is 20.3. The van der Waals surface area contributed by atoms with E-state index < -0.39 is 0 Å². The van der Waals surface area contributed by atoms with E-state index in [2.05, 4.69) is 38.7 Å². The Morgan fingerprint density at radius 3 is 2.82 bits per heavy atom. The van der Waals surface area contributed by atoms with Crippen LogP contribution in [0.15, 0.2) is 28.5 Å². The summed E-state index contributed by atoms with van der Waals surface area (Å²) >= 11 is 8.01. The van der Waals surface area contributed by atoms with Gasteiger partial charge in [0.2, 0.25) is 0 Å². The standard InChI is InChI=1S/C19H18ClN5O2S/c1-9-7-25(8-10(2)27-9)14-5-12-13(6-21-14)23-18(22-12)15-16(20)17-11(3-4-28-17)24-19(15)26/h3-6,9-10H,7-8H2,1-2H3,(H,22,23)(H,24,26)/t9-,10?/m0/s1. The molecule has 0 saturated carbocycles. The largest absolute Gasteiger partial charge is 0.372 e. The lowest BCUT2D eigenvalue weighted by Gasteiger charge is -2.36. The maximum Gasteiger partial charge on any atom is 0.261 e. The Labute approximate surface area is 169 Å². The van der Waals surface area contributed by atoms with Crippen LogP contribution in [-0.2, 0) is 4.74 Å². The number of H-pyrrole nitrogens is 2. The fourth-order valence-corrected chi connectivity index (χ4v) is 4.94. The summed E-state index contributed by atoms with van der Waals surface area (Å²) < 4.78 is 6.64. The predicted molar refractivity (Wildman–Crippen MR) is 113 cm³/mol. The SMILES string of the molecule is CC1CN(c2cc3nc(-c4c(Cl)c5sccc5[nH]c4=O)[nH]c3cn2)C[C@H](C)O1. The van der Waals surface area contributed by atoms with Gasteiger partial charge >= 0.3 is 0 Å². The summed E-state index contributed by atoms with van der Waals surface area (Å²) in [5.41, 5.74) is 2.32. The zero-order valence-corrected chi connectivity index (χ0v) is 16.9. The second-order valence-electron chi connectivity index (χ2n) is 7.11. The average Bonchev–Trinajstić information content (AvgIpc) is 3.26. The summed E-state index contributed by atoms with van der Waals surface area (Å²) in [6.07, 6.45) is 2.04. The summed E-state index contributed by atoms with van der Waals surface area (Å²) in [6, 6.07) is 3.78. The van der Waals surface area contributed by atoms with Gasteiger partial charge in [0.25, 0.3) is 5.56 Å². The van der Waals surface area contributed by atoms with Crippen LogP contribution in [0, 0.1) is 0 Å². The molecule has 4 aromatic heterocycles. The Morgan fingerprint density at radius 1 is 1.25 bits per heavy atom. The number of nitrogens with zero attached hydrogens (tertiary/aromatic N) is 3. The lowest BCUT2D eigenvalue weighted by atomic mass is 10.2. The molecule has 0 radical (unpaired) electrons. The molecule has 0 bridgehead atoms. The Kier molecular flexibility index (Phi) is 4.15. The van der Waals surface area contributed by atoms with Crippen molar-refractivity contribution in [1.82, 2.24) is 19.9 Å². The van der Waals surface area contributed by atoms with Crippen molar-refractivity contribution in [2.24, 2.45) is 0 Å². The molecule has 144 valence electrons. The molecule has 1 unspecified atom stereocenters. The van der Waals surface area contributed by atoms with E-state index in [-0.39, 0.29) is 17.8 Å². The average molecular weight is 416 g/mol. The van der Waals surface area contributed by atoms with E-state index >= 15 is 0 Å². The molecule has 2 atom stereocenters. The van der Waals surface area contributed by atoms with Crippen LogP contribution in [0.2, 0.25) is 5.02 Å². The smallest absolute Gasteiger partial charge is 0.261 e. The zero-order valence-electron chi connectivity index (χ0n) is 15.3. The number of halogens is 1. The first-order valence-corrected chi connectivity index (χ1v) is 10.3. The molecule has 1 aliphatic heterocycles. The minimum absolute atomic E-state index is 0.144. The molecule has 1 saturated heterocycles. The number of pyridine rings is 2. The molecule has 0 spiro atoms. The molecule has 5 rings (SSSR count). The molecule has 0 aliphatic carbocycles. The van der Waals surface area contributed by atoms with Crippen molar-refractivity contribution in [3.63, 3.8) is 0 Å². The quantitative estimate of drug-likeness (QED) is 0.520. The highest BCUT2D eigenvalue weighted by Gasteiger charge is 2.24. The Balaban J connectivity index is 1.59. The van der Waals surface area contributed by atoms with Crippen LogP contribution < -0.4 is 10.5 Å². The van der Waals surface area contributed by atoms with E-state index in [0.29, 0.717) is 16.4 Å². The number of nitrogens with one attached hydrogen (secondary N) is 2. The first-order valence-electron chi connectivity index (χ1n) is 9.05. The maximum atomic E-state index is 12.6. The molecule has 2 N–H and O–H groups in total. The van der Waals surface area contributed by atoms with Crippen molar-refractivity contribution < 1.29 is 4.74 Å². The van der Waals surface area contributed by atoms with E-state index in [4.69, 9.17) is 16.3 Å². The molecule has 7 nitrogen and oxygen atoms in total. The highest BCUT2D eigenvalue weighted by Crippen LogP contribution is 2.33. The summed E-state index contributed by atoms with van der Waals surface area (Å²) in [4.78, 5) is 30.0. The summed E-state index contributed by atoms with van der Waals surface area (Å²) in [6.45, 7) is 5.67. The number of aromatic nitrogens is 4. The number of aromatic amines is 2. The molecule has 0 amide bonds. The number of anilines is 1. The third kappa shape index (κ3) is 2.88. The monoisotopic (exact) mass is 415 g/mol. The molecule has 28 heavy (non-hydrogen) atoms. The lowest BCUT2D eigenvalue weighted by Crippen LogP contribution is -2.45. The van der Waals surface area contributed by atoms with Gasteiger partial charge in [0, 0.05) is 19.2 Å². The molecule has 5 heterocycles. The van der Waals surface area contributed by atoms with Gasteiger partial charge in [0.05, 0.1) is 44.7 Å². The van der Waals surface area contributed by atoms with E-state index in [1.54, 1.807) is 6.20 Å². The second kappa shape index (κ2) is 6.58. The van der Waals surface area contributed by atoms with Crippen LogP contribution in [0.25, 0.3) is 32.6 Å². The van der Waals surface area contributed by atoms with Crippen molar-refractivity contribution >= 4 is 50.0 Å². The Bertz CT molecular complexity index is 1240. The molecule has 4 aromatic rings. The molecule has 9 heteroatoms. The number of fused-ring (bicyclic) bond motifs is 2. The zero-order chi connectivity index (χ0) is 19.4. The van der Waals surface area contributed by atoms with Crippen molar-refractivity contribution in [2.45, 2.75) is 26.1 Å². The van der Waals surface area contributed by atoms with Crippen LogP contribution in [-0.4, -0.2) is 45.2 Å². The number of rotatable bonds is 2. The first-order chi connectivity index (χ1) is 13.5. The van der Waals surface area contributed by atoms with Gasteiger partial charge in [-0.25, -0.2) is 9.97 Å². The Morgan fingerprint density at radius 2 is 2.04 bits per heavy atom. The van der Waals surface area contributed by atoms with Crippen LogP contribution >= 0.6 is 22.9 Å². The van der Waals surface area contributed by atoms with Gasteiger partial charge < -0.3 is 19.6 Å². The van der Waals surface area contributed by atoms with Gasteiger partial charge in [-0.05, 0) is 25.3 Å². The van der Waals surface area contributed by atoms with Gasteiger partial charge in [0.15, 0.2) is 0 Å². The van der Waals surface area contributed by atoms with E-state index in [1.807, 2.05) is 17.5 Å². The fraction of sp³-hybridized carbons (Fsp3) is 0.316. The van der Waals surface area contributed by atoms with Crippen molar-refractivity contribution in [2.75, 3.05) is 18.0 Å². The molecular formula is C19H18ClN5O2S. The van der Waals surface area contributed by atoms with Crippen molar-refractivity contribution in [3.8, 4) is 11.4 Å². The van der Waals surface area contributed by atoms with Crippen LogP contribution in [0.1, 0.15) is 13.8 Å². The number of imidazole rings is 1. The third-order valence-electron chi connectivity index (χ3n) is 4.89. The molecule has 1 aliphatic rings. The van der Waals surface area contributed by atoms with Gasteiger partial charge in [0.1, 0.15) is 17.2 Å². The van der Waals surface area contributed by atoms with Gasteiger partial charge in [-0.3, -0.25) is 4.79 Å². The van der Waals surface area contributed by atoms with Crippen LogP contribution in [0.4, 0.5) is 5.82 Å². The number of hydrogen-bond donors (Lipinski definition) is 2. The molecular weight excluding hydrogens is 398 g/mol. The van der Waals surface area contributed by atoms with Crippen molar-refractivity contribution in [1.29, 1.82) is 0 Å². The third-order valence-corrected chi connectivity index (χ3v) is 6.31. The molecule has 1 fully saturated rings. The van der Waals surface area contributed by atoms with Crippen LogP contribution in [0.3, 0.4) is 0 Å².